The van der Waals surface area contributed by atoms with Crippen molar-refractivity contribution in [3.63, 3.8) is 0 Å². The van der Waals surface area contributed by atoms with Gasteiger partial charge in [-0.15, -0.1) is 0 Å². The first kappa shape index (κ1) is 23.1. The van der Waals surface area contributed by atoms with E-state index in [2.05, 4.69) is 10.3 Å². The Balaban J connectivity index is 1.97. The van der Waals surface area contributed by atoms with Crippen molar-refractivity contribution in [1.29, 1.82) is 0 Å². The van der Waals surface area contributed by atoms with Crippen LogP contribution in [0.25, 0.3) is 0 Å². The summed E-state index contributed by atoms with van der Waals surface area (Å²) in [6.45, 7) is 2.45. The first-order chi connectivity index (χ1) is 15.4. The summed E-state index contributed by atoms with van der Waals surface area (Å²) in [5, 5.41) is 12.5. The van der Waals surface area contributed by atoms with E-state index in [1.807, 2.05) is 6.92 Å². The molecule has 0 radical (unpaired) electrons. The Bertz CT molecular complexity index is 1190. The molecule has 0 fully saturated rings. The van der Waals surface area contributed by atoms with Gasteiger partial charge in [0.25, 0.3) is 0 Å². The highest BCUT2D eigenvalue weighted by Gasteiger charge is 2.15. The summed E-state index contributed by atoms with van der Waals surface area (Å²) in [5.74, 6) is -0.370. The number of carboxylic acids is 1. The molecular formula is C22H23ClN4O5. The van der Waals surface area contributed by atoms with Crippen LogP contribution >= 0.6 is 11.6 Å². The maximum atomic E-state index is 13.1. The molecule has 9 nitrogen and oxygen atoms in total. The second-order valence-corrected chi connectivity index (χ2v) is 7.44. The number of aromatic nitrogens is 3. The van der Waals surface area contributed by atoms with Crippen LogP contribution in [0.1, 0.15) is 25.3 Å². The summed E-state index contributed by atoms with van der Waals surface area (Å²) in [7, 11) is 0. The van der Waals surface area contributed by atoms with Crippen LogP contribution in [0.3, 0.4) is 0 Å². The highest BCUT2D eigenvalue weighted by molar-refractivity contribution is 6.30. The summed E-state index contributed by atoms with van der Waals surface area (Å²) in [6, 6.07) is 13.9. The molecular weight excluding hydrogens is 436 g/mol. The zero-order chi connectivity index (χ0) is 23.1. The second-order valence-electron chi connectivity index (χ2n) is 7.01. The topological polar surface area (TPSA) is 115 Å². The molecule has 0 spiro atoms. The van der Waals surface area contributed by atoms with Crippen molar-refractivity contribution in [3.8, 4) is 5.75 Å². The third-order valence-corrected chi connectivity index (χ3v) is 4.79. The van der Waals surface area contributed by atoms with Gasteiger partial charge in [0.1, 0.15) is 5.75 Å². The standard InChI is InChI=1S/C22H23ClN4O5/c1-2-13-32-18-9-7-17(8-10-18)24-20-25-21(30)26(12-11-19(28)29)22(31)27(20)14-15-3-5-16(23)6-4-15/h3-10H,2,11-14H2,1H3,(H,28,29)(H,24,25,30). The van der Waals surface area contributed by atoms with E-state index in [-0.39, 0.29) is 25.5 Å². The molecule has 0 amide bonds. The smallest absolute Gasteiger partial charge is 0.354 e. The van der Waals surface area contributed by atoms with Gasteiger partial charge in [0.05, 0.1) is 19.6 Å². The number of halogens is 1. The van der Waals surface area contributed by atoms with Gasteiger partial charge in [-0.2, -0.15) is 4.98 Å². The van der Waals surface area contributed by atoms with Crippen LogP contribution in [-0.2, 0) is 17.9 Å². The molecule has 32 heavy (non-hydrogen) atoms. The summed E-state index contributed by atoms with van der Waals surface area (Å²) in [6.07, 6.45) is 0.517. The number of hydrogen-bond acceptors (Lipinski definition) is 6. The zero-order valence-electron chi connectivity index (χ0n) is 17.5. The van der Waals surface area contributed by atoms with Crippen LogP contribution in [0.4, 0.5) is 11.6 Å². The first-order valence-electron chi connectivity index (χ1n) is 10.0. The van der Waals surface area contributed by atoms with Gasteiger partial charge >= 0.3 is 17.3 Å². The maximum absolute atomic E-state index is 13.1. The highest BCUT2D eigenvalue weighted by atomic mass is 35.5. The Morgan fingerprint density at radius 3 is 2.41 bits per heavy atom. The molecule has 168 valence electrons. The Hall–Kier alpha value is -3.59. The van der Waals surface area contributed by atoms with Crippen molar-refractivity contribution >= 4 is 29.2 Å². The molecule has 3 rings (SSSR count). The Kier molecular flexibility index (Phi) is 7.67. The Morgan fingerprint density at radius 1 is 1.09 bits per heavy atom. The summed E-state index contributed by atoms with van der Waals surface area (Å²) < 4.78 is 7.66. The lowest BCUT2D eigenvalue weighted by Gasteiger charge is -2.16. The monoisotopic (exact) mass is 458 g/mol. The van der Waals surface area contributed by atoms with Crippen LogP contribution in [0.15, 0.2) is 58.1 Å². The average Bonchev–Trinajstić information content (AvgIpc) is 2.77. The predicted molar refractivity (Wildman–Crippen MR) is 121 cm³/mol. The lowest BCUT2D eigenvalue weighted by molar-refractivity contribution is -0.137. The van der Waals surface area contributed by atoms with Crippen LogP contribution in [0.5, 0.6) is 5.75 Å². The van der Waals surface area contributed by atoms with Crippen LogP contribution in [0, 0.1) is 0 Å². The molecule has 1 heterocycles. The normalized spacial score (nSPS) is 10.7. The van der Waals surface area contributed by atoms with Gasteiger partial charge in [-0.3, -0.25) is 9.36 Å². The largest absolute Gasteiger partial charge is 0.494 e. The molecule has 2 aromatic carbocycles. The summed E-state index contributed by atoms with van der Waals surface area (Å²) in [4.78, 5) is 40.4. The van der Waals surface area contributed by atoms with E-state index >= 15 is 0 Å². The number of hydrogen-bond donors (Lipinski definition) is 2. The maximum Gasteiger partial charge on any atom is 0.354 e. The van der Waals surface area contributed by atoms with Crippen LogP contribution in [-0.4, -0.2) is 31.8 Å². The number of aliphatic carboxylic acids is 1. The third kappa shape index (κ3) is 5.98. The summed E-state index contributed by atoms with van der Waals surface area (Å²) >= 11 is 5.94. The molecule has 2 N–H and O–H groups in total. The van der Waals surface area contributed by atoms with Gasteiger partial charge in [0, 0.05) is 17.3 Å². The number of carbonyl (C=O) groups is 1. The number of nitrogens with zero attached hydrogens (tertiary/aromatic N) is 3. The second kappa shape index (κ2) is 10.6. The summed E-state index contributed by atoms with van der Waals surface area (Å²) in [5.41, 5.74) is -0.123. The van der Waals surface area contributed by atoms with Gasteiger partial charge in [-0.1, -0.05) is 30.7 Å². The molecule has 0 saturated carbocycles. The third-order valence-electron chi connectivity index (χ3n) is 4.54. The fourth-order valence-electron chi connectivity index (χ4n) is 2.92. The minimum Gasteiger partial charge on any atom is -0.494 e. The number of anilines is 2. The number of ether oxygens (including phenoxy) is 1. The quantitative estimate of drug-likeness (QED) is 0.479. The van der Waals surface area contributed by atoms with Crippen molar-refractivity contribution in [2.75, 3.05) is 11.9 Å². The number of nitrogens with one attached hydrogen (secondary N) is 1. The van der Waals surface area contributed by atoms with Gasteiger partial charge < -0.3 is 15.2 Å². The molecule has 0 bridgehead atoms. The molecule has 0 atom stereocenters. The van der Waals surface area contributed by atoms with E-state index in [1.165, 1.54) is 4.57 Å². The van der Waals surface area contributed by atoms with Crippen molar-refractivity contribution in [2.45, 2.75) is 32.9 Å². The average molecular weight is 459 g/mol. The van der Waals surface area contributed by atoms with E-state index < -0.39 is 17.3 Å². The minimum atomic E-state index is -1.12. The molecule has 0 aliphatic carbocycles. The number of carboxylic acid groups (broad SMARTS) is 1. The Morgan fingerprint density at radius 2 is 1.78 bits per heavy atom. The minimum absolute atomic E-state index is 0.0451. The lowest BCUT2D eigenvalue weighted by atomic mass is 10.2. The van der Waals surface area contributed by atoms with Crippen molar-refractivity contribution < 1.29 is 14.6 Å². The molecule has 0 saturated heterocycles. The fourth-order valence-corrected chi connectivity index (χ4v) is 3.05. The lowest BCUT2D eigenvalue weighted by Crippen LogP contribution is -2.43. The van der Waals surface area contributed by atoms with E-state index in [4.69, 9.17) is 21.4 Å². The predicted octanol–water partition coefficient (Wildman–Crippen LogP) is 3.11. The van der Waals surface area contributed by atoms with E-state index in [0.29, 0.717) is 23.1 Å². The van der Waals surface area contributed by atoms with Gasteiger partial charge in [0.15, 0.2) is 0 Å². The van der Waals surface area contributed by atoms with Crippen LogP contribution in [0.2, 0.25) is 5.02 Å². The number of benzene rings is 2. The van der Waals surface area contributed by atoms with Crippen molar-refractivity contribution in [2.24, 2.45) is 0 Å². The fraction of sp³-hybridized carbons (Fsp3) is 0.273. The van der Waals surface area contributed by atoms with Gasteiger partial charge in [0.2, 0.25) is 5.95 Å². The van der Waals surface area contributed by atoms with Gasteiger partial charge in [-0.05, 0) is 48.4 Å². The molecule has 1 aromatic heterocycles. The van der Waals surface area contributed by atoms with Crippen LogP contribution < -0.4 is 21.4 Å². The molecule has 10 heteroatoms. The highest BCUT2D eigenvalue weighted by Crippen LogP contribution is 2.19. The molecule has 0 aliphatic heterocycles. The van der Waals surface area contributed by atoms with Crippen molar-refractivity contribution in [1.82, 2.24) is 14.1 Å². The SMILES string of the molecule is CCCOc1ccc(Nc2nc(=O)n(CCC(=O)O)c(=O)n2Cc2ccc(Cl)cc2)cc1. The van der Waals surface area contributed by atoms with Gasteiger partial charge in [-0.25, -0.2) is 14.2 Å². The molecule has 0 unspecified atom stereocenters. The van der Waals surface area contributed by atoms with E-state index in [0.717, 1.165) is 16.6 Å². The zero-order valence-corrected chi connectivity index (χ0v) is 18.2. The van der Waals surface area contributed by atoms with Crippen molar-refractivity contribution in [3.05, 3.63) is 80.1 Å². The molecule has 3 aromatic rings. The van der Waals surface area contributed by atoms with E-state index in [9.17, 15) is 14.4 Å². The first-order valence-corrected chi connectivity index (χ1v) is 10.4. The number of rotatable bonds is 10. The Labute approximate surface area is 188 Å². The van der Waals surface area contributed by atoms with E-state index in [1.54, 1.807) is 48.5 Å². The molecule has 0 aliphatic rings.